The van der Waals surface area contributed by atoms with Gasteiger partial charge in [-0.25, -0.2) is 14.8 Å². The van der Waals surface area contributed by atoms with E-state index >= 15 is 0 Å². The quantitative estimate of drug-likeness (QED) is 0.870. The van der Waals surface area contributed by atoms with E-state index in [1.165, 1.54) is 13.4 Å². The van der Waals surface area contributed by atoms with E-state index in [1.54, 1.807) is 30.5 Å². The molecule has 0 unspecified atom stereocenters. The van der Waals surface area contributed by atoms with Crippen molar-refractivity contribution in [2.24, 2.45) is 0 Å². The van der Waals surface area contributed by atoms with Crippen molar-refractivity contribution in [3.63, 3.8) is 0 Å². The van der Waals surface area contributed by atoms with E-state index in [2.05, 4.69) is 15.3 Å². The van der Waals surface area contributed by atoms with Gasteiger partial charge in [-0.1, -0.05) is 11.6 Å². The Kier molecular flexibility index (Phi) is 4.30. The summed E-state index contributed by atoms with van der Waals surface area (Å²) in [6.45, 7) is 0.480. The highest BCUT2D eigenvalue weighted by Gasteiger charge is 2.12. The van der Waals surface area contributed by atoms with Gasteiger partial charge in [-0.15, -0.1) is 0 Å². The van der Waals surface area contributed by atoms with E-state index in [0.29, 0.717) is 22.8 Å². The second-order valence-electron chi connectivity index (χ2n) is 3.74. The Hall–Kier alpha value is -2.14. The maximum atomic E-state index is 11.7. The topological polar surface area (TPSA) is 64.1 Å². The fourth-order valence-corrected chi connectivity index (χ4v) is 1.73. The molecule has 0 atom stereocenters. The highest BCUT2D eigenvalue weighted by atomic mass is 35.5. The van der Waals surface area contributed by atoms with Crippen molar-refractivity contribution < 1.29 is 9.53 Å². The van der Waals surface area contributed by atoms with Crippen LogP contribution in [0, 0.1) is 0 Å². The molecule has 5 nitrogen and oxygen atoms in total. The van der Waals surface area contributed by atoms with Gasteiger partial charge in [0.2, 0.25) is 0 Å². The number of methoxy groups -OCH3 is 1. The van der Waals surface area contributed by atoms with Crippen LogP contribution in [0.1, 0.15) is 16.1 Å². The van der Waals surface area contributed by atoms with Gasteiger partial charge < -0.3 is 10.1 Å². The van der Waals surface area contributed by atoms with Crippen molar-refractivity contribution >= 4 is 23.3 Å². The van der Waals surface area contributed by atoms with Crippen LogP contribution in [0.15, 0.2) is 36.8 Å². The highest BCUT2D eigenvalue weighted by Crippen LogP contribution is 2.21. The molecule has 1 heterocycles. The zero-order valence-electron chi connectivity index (χ0n) is 10.3. The molecular formula is C13H12ClN3O2. The Morgan fingerprint density at radius 3 is 2.95 bits per heavy atom. The second kappa shape index (κ2) is 6.15. The summed E-state index contributed by atoms with van der Waals surface area (Å²) < 4.78 is 4.72. The number of hydrogen-bond acceptors (Lipinski definition) is 5. The predicted octanol–water partition coefficient (Wildman–Crippen LogP) is 2.53. The lowest BCUT2D eigenvalue weighted by Gasteiger charge is -2.10. The van der Waals surface area contributed by atoms with E-state index in [1.807, 2.05) is 0 Å². The van der Waals surface area contributed by atoms with Gasteiger partial charge in [-0.2, -0.15) is 0 Å². The number of anilines is 1. The van der Waals surface area contributed by atoms with Crippen LogP contribution < -0.4 is 5.32 Å². The SMILES string of the molecule is COC(=O)c1cc(Cl)ccc1NCc1ccncn1. The number of rotatable bonds is 4. The van der Waals surface area contributed by atoms with Crippen LogP contribution in [0.3, 0.4) is 0 Å². The number of aromatic nitrogens is 2. The van der Waals surface area contributed by atoms with Gasteiger partial charge in [-0.3, -0.25) is 0 Å². The molecule has 2 aromatic rings. The highest BCUT2D eigenvalue weighted by molar-refractivity contribution is 6.31. The van der Waals surface area contributed by atoms with Gasteiger partial charge in [0.15, 0.2) is 0 Å². The first-order valence-electron chi connectivity index (χ1n) is 5.57. The molecule has 19 heavy (non-hydrogen) atoms. The molecule has 98 valence electrons. The molecule has 0 aliphatic heterocycles. The zero-order valence-corrected chi connectivity index (χ0v) is 11.0. The number of esters is 1. The van der Waals surface area contributed by atoms with E-state index in [0.717, 1.165) is 5.69 Å². The summed E-state index contributed by atoms with van der Waals surface area (Å²) in [6, 6.07) is 6.79. The molecule has 0 radical (unpaired) electrons. The van der Waals surface area contributed by atoms with Gasteiger partial charge in [0.1, 0.15) is 6.33 Å². The van der Waals surface area contributed by atoms with Crippen molar-refractivity contribution in [1.29, 1.82) is 0 Å². The molecule has 0 aliphatic carbocycles. The van der Waals surface area contributed by atoms with Gasteiger partial charge in [0.25, 0.3) is 0 Å². The fraction of sp³-hybridized carbons (Fsp3) is 0.154. The van der Waals surface area contributed by atoms with Crippen molar-refractivity contribution in [3.05, 3.63) is 53.1 Å². The number of halogens is 1. The first-order chi connectivity index (χ1) is 9.20. The fourth-order valence-electron chi connectivity index (χ4n) is 1.56. The van der Waals surface area contributed by atoms with Gasteiger partial charge >= 0.3 is 5.97 Å². The Morgan fingerprint density at radius 1 is 1.42 bits per heavy atom. The maximum Gasteiger partial charge on any atom is 0.340 e. The van der Waals surface area contributed by atoms with Gasteiger partial charge in [0, 0.05) is 16.9 Å². The number of nitrogens with one attached hydrogen (secondary N) is 1. The Labute approximate surface area is 115 Å². The standard InChI is InChI=1S/C13H12ClN3O2/c1-19-13(18)11-6-9(14)2-3-12(11)16-7-10-4-5-15-8-17-10/h2-6,8,16H,7H2,1H3. The molecule has 0 fully saturated rings. The van der Waals surface area contributed by atoms with Crippen LogP contribution in [0.4, 0.5) is 5.69 Å². The van der Waals surface area contributed by atoms with Gasteiger partial charge in [-0.05, 0) is 24.3 Å². The summed E-state index contributed by atoms with van der Waals surface area (Å²) in [7, 11) is 1.33. The molecule has 6 heteroatoms. The predicted molar refractivity (Wildman–Crippen MR) is 72.2 cm³/mol. The maximum absolute atomic E-state index is 11.7. The summed E-state index contributed by atoms with van der Waals surface area (Å²) >= 11 is 5.88. The Morgan fingerprint density at radius 2 is 2.26 bits per heavy atom. The second-order valence-corrected chi connectivity index (χ2v) is 4.17. The molecule has 1 aromatic heterocycles. The van der Waals surface area contributed by atoms with E-state index in [-0.39, 0.29) is 0 Å². The Bertz CT molecular complexity index is 575. The minimum absolute atomic E-state index is 0.393. The molecule has 1 N–H and O–H groups in total. The summed E-state index contributed by atoms with van der Waals surface area (Å²) in [5, 5.41) is 3.60. The molecule has 1 aromatic carbocycles. The van der Waals surface area contributed by atoms with Crippen molar-refractivity contribution in [2.45, 2.75) is 6.54 Å². The van der Waals surface area contributed by atoms with Crippen LogP contribution in [0.2, 0.25) is 5.02 Å². The van der Waals surface area contributed by atoms with E-state index in [4.69, 9.17) is 16.3 Å². The summed E-state index contributed by atoms with van der Waals surface area (Å²) in [6.07, 6.45) is 3.13. The molecule has 0 aliphatic rings. The summed E-state index contributed by atoms with van der Waals surface area (Å²) in [4.78, 5) is 19.6. The summed E-state index contributed by atoms with van der Waals surface area (Å²) in [5.74, 6) is -0.437. The smallest absolute Gasteiger partial charge is 0.340 e. The lowest BCUT2D eigenvalue weighted by atomic mass is 10.1. The third-order valence-electron chi connectivity index (χ3n) is 2.49. The number of nitrogens with zero attached hydrogens (tertiary/aromatic N) is 2. The number of benzene rings is 1. The third-order valence-corrected chi connectivity index (χ3v) is 2.73. The molecule has 0 spiro atoms. The van der Waals surface area contributed by atoms with Crippen LogP contribution >= 0.6 is 11.6 Å². The van der Waals surface area contributed by atoms with E-state index in [9.17, 15) is 4.79 Å². The van der Waals surface area contributed by atoms with Crippen LogP contribution in [0.25, 0.3) is 0 Å². The third kappa shape index (κ3) is 3.42. The molecular weight excluding hydrogens is 266 g/mol. The molecule has 0 amide bonds. The Balaban J connectivity index is 2.18. The average Bonchev–Trinajstić information content (AvgIpc) is 2.46. The number of hydrogen-bond donors (Lipinski definition) is 1. The monoisotopic (exact) mass is 277 g/mol. The molecule has 2 rings (SSSR count). The molecule has 0 bridgehead atoms. The first kappa shape index (κ1) is 13.3. The summed E-state index contributed by atoms with van der Waals surface area (Å²) in [5.41, 5.74) is 1.86. The van der Waals surface area contributed by atoms with Crippen LogP contribution in [-0.2, 0) is 11.3 Å². The first-order valence-corrected chi connectivity index (χ1v) is 5.95. The van der Waals surface area contributed by atoms with Crippen LogP contribution in [0.5, 0.6) is 0 Å². The van der Waals surface area contributed by atoms with Crippen molar-refractivity contribution in [3.8, 4) is 0 Å². The minimum Gasteiger partial charge on any atom is -0.465 e. The lowest BCUT2D eigenvalue weighted by Crippen LogP contribution is -2.09. The number of carbonyl (C=O) groups is 1. The zero-order chi connectivity index (χ0) is 13.7. The normalized spacial score (nSPS) is 10.0. The van der Waals surface area contributed by atoms with Gasteiger partial charge in [0.05, 0.1) is 24.9 Å². The molecule has 0 saturated carbocycles. The number of carbonyl (C=O) groups excluding carboxylic acids is 1. The largest absolute Gasteiger partial charge is 0.465 e. The van der Waals surface area contributed by atoms with Crippen molar-refractivity contribution in [1.82, 2.24) is 9.97 Å². The lowest BCUT2D eigenvalue weighted by molar-refractivity contribution is 0.0602. The average molecular weight is 278 g/mol. The molecule has 0 saturated heterocycles. The van der Waals surface area contributed by atoms with Crippen molar-refractivity contribution in [2.75, 3.05) is 12.4 Å². The van der Waals surface area contributed by atoms with Crippen LogP contribution in [-0.4, -0.2) is 23.0 Å². The number of ether oxygens (including phenoxy) is 1. The minimum atomic E-state index is -0.437. The van der Waals surface area contributed by atoms with E-state index < -0.39 is 5.97 Å².